The molecule has 1 unspecified atom stereocenters. The average molecular weight is 330 g/mol. The SMILES string of the molecule is CCC(C)Cc1nc(-c2ccc(C(N)=O)cc2)n(CC(C)(C)O)n1. The minimum atomic E-state index is -0.900. The summed E-state index contributed by atoms with van der Waals surface area (Å²) in [5, 5.41) is 14.7. The molecule has 2 rings (SSSR count). The van der Waals surface area contributed by atoms with Gasteiger partial charge >= 0.3 is 0 Å². The zero-order valence-corrected chi connectivity index (χ0v) is 14.8. The molecule has 0 spiro atoms. The average Bonchev–Trinajstić information content (AvgIpc) is 2.87. The number of primary amides is 1. The highest BCUT2D eigenvalue weighted by atomic mass is 16.3. The van der Waals surface area contributed by atoms with E-state index in [1.54, 1.807) is 42.8 Å². The van der Waals surface area contributed by atoms with Gasteiger partial charge in [0.1, 0.15) is 0 Å². The van der Waals surface area contributed by atoms with Crippen LogP contribution in [0.15, 0.2) is 24.3 Å². The molecule has 6 heteroatoms. The Morgan fingerprint density at radius 2 is 1.96 bits per heavy atom. The van der Waals surface area contributed by atoms with Gasteiger partial charge in [-0.15, -0.1) is 0 Å². The molecule has 0 aliphatic carbocycles. The van der Waals surface area contributed by atoms with Crippen LogP contribution in [-0.2, 0) is 13.0 Å². The highest BCUT2D eigenvalue weighted by Crippen LogP contribution is 2.21. The molecule has 0 saturated heterocycles. The van der Waals surface area contributed by atoms with Gasteiger partial charge in [0.2, 0.25) is 5.91 Å². The summed E-state index contributed by atoms with van der Waals surface area (Å²) in [5.74, 6) is 1.49. The molecule has 0 saturated carbocycles. The van der Waals surface area contributed by atoms with Crippen molar-refractivity contribution in [2.24, 2.45) is 11.7 Å². The van der Waals surface area contributed by atoms with E-state index in [4.69, 9.17) is 5.73 Å². The largest absolute Gasteiger partial charge is 0.389 e. The Morgan fingerprint density at radius 1 is 1.33 bits per heavy atom. The first-order chi connectivity index (χ1) is 11.2. The molecule has 1 heterocycles. The summed E-state index contributed by atoms with van der Waals surface area (Å²) in [6, 6.07) is 6.96. The van der Waals surface area contributed by atoms with Crippen LogP contribution in [0.25, 0.3) is 11.4 Å². The third-order valence-corrected chi connectivity index (χ3v) is 3.91. The fraction of sp³-hybridized carbons (Fsp3) is 0.500. The number of aromatic nitrogens is 3. The third kappa shape index (κ3) is 4.64. The number of hydrogen-bond acceptors (Lipinski definition) is 4. The normalized spacial score (nSPS) is 13.0. The van der Waals surface area contributed by atoms with Crippen molar-refractivity contribution in [1.82, 2.24) is 14.8 Å². The Morgan fingerprint density at radius 3 is 2.46 bits per heavy atom. The first-order valence-electron chi connectivity index (χ1n) is 8.26. The Kier molecular flexibility index (Phi) is 5.39. The molecule has 24 heavy (non-hydrogen) atoms. The lowest BCUT2D eigenvalue weighted by atomic mass is 10.1. The van der Waals surface area contributed by atoms with Crippen LogP contribution in [0.1, 0.15) is 50.3 Å². The zero-order valence-electron chi connectivity index (χ0n) is 14.8. The van der Waals surface area contributed by atoms with Gasteiger partial charge in [0.05, 0.1) is 12.1 Å². The molecule has 0 fully saturated rings. The zero-order chi connectivity index (χ0) is 17.9. The fourth-order valence-corrected chi connectivity index (χ4v) is 2.41. The molecular formula is C18H26N4O2. The molecule has 1 amide bonds. The van der Waals surface area contributed by atoms with E-state index in [1.165, 1.54) is 0 Å². The van der Waals surface area contributed by atoms with Crippen molar-refractivity contribution >= 4 is 5.91 Å². The standard InChI is InChI=1S/C18H26N4O2/c1-5-12(2)10-15-20-17(22(21-15)11-18(3,4)24)14-8-6-13(7-9-14)16(19)23/h6-9,12,24H,5,10-11H2,1-4H3,(H2,19,23). The van der Waals surface area contributed by atoms with Crippen molar-refractivity contribution in [2.45, 2.75) is 52.7 Å². The number of nitrogens with zero attached hydrogens (tertiary/aromatic N) is 3. The number of aliphatic hydroxyl groups is 1. The van der Waals surface area contributed by atoms with Gasteiger partial charge in [-0.2, -0.15) is 5.10 Å². The summed E-state index contributed by atoms with van der Waals surface area (Å²) in [5.41, 5.74) is 5.68. The predicted octanol–water partition coefficient (Wildman–Crippen LogP) is 2.40. The van der Waals surface area contributed by atoms with E-state index in [0.717, 1.165) is 24.2 Å². The van der Waals surface area contributed by atoms with Crippen molar-refractivity contribution < 1.29 is 9.90 Å². The summed E-state index contributed by atoms with van der Waals surface area (Å²) in [6.45, 7) is 8.12. The Labute approximate surface area is 142 Å². The van der Waals surface area contributed by atoms with Crippen molar-refractivity contribution in [1.29, 1.82) is 0 Å². The van der Waals surface area contributed by atoms with Gasteiger partial charge in [0.15, 0.2) is 11.6 Å². The van der Waals surface area contributed by atoms with Crippen LogP contribution in [0.3, 0.4) is 0 Å². The third-order valence-electron chi connectivity index (χ3n) is 3.91. The van der Waals surface area contributed by atoms with Crippen molar-refractivity contribution in [3.63, 3.8) is 0 Å². The van der Waals surface area contributed by atoms with Crippen LogP contribution >= 0.6 is 0 Å². The number of hydrogen-bond donors (Lipinski definition) is 2. The number of rotatable bonds is 7. The van der Waals surface area contributed by atoms with Crippen molar-refractivity contribution in [2.75, 3.05) is 0 Å². The summed E-state index contributed by atoms with van der Waals surface area (Å²) in [7, 11) is 0. The minimum Gasteiger partial charge on any atom is -0.389 e. The molecule has 0 aliphatic rings. The fourth-order valence-electron chi connectivity index (χ4n) is 2.41. The second kappa shape index (κ2) is 7.13. The van der Waals surface area contributed by atoms with Crippen LogP contribution in [0, 0.1) is 5.92 Å². The Bertz CT molecular complexity index is 699. The minimum absolute atomic E-state index is 0.341. The van der Waals surface area contributed by atoms with E-state index in [-0.39, 0.29) is 0 Å². The molecule has 1 atom stereocenters. The first kappa shape index (κ1) is 18.1. The molecule has 6 nitrogen and oxygen atoms in total. The lowest BCUT2D eigenvalue weighted by Crippen LogP contribution is -2.27. The maximum Gasteiger partial charge on any atom is 0.248 e. The lowest BCUT2D eigenvalue weighted by molar-refractivity contribution is 0.0581. The number of amides is 1. The van der Waals surface area contributed by atoms with Gasteiger partial charge in [-0.25, -0.2) is 9.67 Å². The molecule has 0 aliphatic heterocycles. The Hall–Kier alpha value is -2.21. The van der Waals surface area contributed by atoms with E-state index in [1.807, 2.05) is 0 Å². The molecule has 0 bridgehead atoms. The first-order valence-corrected chi connectivity index (χ1v) is 8.26. The Balaban J connectivity index is 2.39. The number of nitrogens with two attached hydrogens (primary N) is 1. The number of carbonyl (C=O) groups is 1. The van der Waals surface area contributed by atoms with Crippen LogP contribution in [0.5, 0.6) is 0 Å². The molecular weight excluding hydrogens is 304 g/mol. The van der Waals surface area contributed by atoms with E-state index in [2.05, 4.69) is 23.9 Å². The molecule has 2 aromatic rings. The van der Waals surface area contributed by atoms with Crippen molar-refractivity contribution in [3.05, 3.63) is 35.7 Å². The number of benzene rings is 1. The molecule has 130 valence electrons. The maximum absolute atomic E-state index is 11.2. The van der Waals surface area contributed by atoms with Gasteiger partial charge in [-0.05, 0) is 31.9 Å². The predicted molar refractivity (Wildman–Crippen MR) is 93.4 cm³/mol. The lowest BCUT2D eigenvalue weighted by Gasteiger charge is -2.18. The quantitative estimate of drug-likeness (QED) is 0.815. The summed E-state index contributed by atoms with van der Waals surface area (Å²) >= 11 is 0. The van der Waals surface area contributed by atoms with Crippen LogP contribution in [0.2, 0.25) is 0 Å². The second-order valence-corrected chi connectivity index (χ2v) is 6.98. The topological polar surface area (TPSA) is 94.0 Å². The van der Waals surface area contributed by atoms with Gasteiger partial charge < -0.3 is 10.8 Å². The maximum atomic E-state index is 11.2. The van der Waals surface area contributed by atoms with Gasteiger partial charge in [-0.3, -0.25) is 4.79 Å². The van der Waals surface area contributed by atoms with Gasteiger partial charge in [0, 0.05) is 17.5 Å². The van der Waals surface area contributed by atoms with Crippen LogP contribution in [0.4, 0.5) is 0 Å². The molecule has 1 aromatic carbocycles. The summed E-state index contributed by atoms with van der Waals surface area (Å²) in [6.07, 6.45) is 1.85. The summed E-state index contributed by atoms with van der Waals surface area (Å²) in [4.78, 5) is 15.9. The summed E-state index contributed by atoms with van der Waals surface area (Å²) < 4.78 is 1.73. The highest BCUT2D eigenvalue weighted by Gasteiger charge is 2.20. The molecule has 1 aromatic heterocycles. The smallest absolute Gasteiger partial charge is 0.248 e. The number of carbonyl (C=O) groups excluding carboxylic acids is 1. The van der Waals surface area contributed by atoms with E-state index in [0.29, 0.717) is 23.9 Å². The van der Waals surface area contributed by atoms with Crippen LogP contribution in [-0.4, -0.2) is 31.4 Å². The van der Waals surface area contributed by atoms with Crippen LogP contribution < -0.4 is 5.73 Å². The van der Waals surface area contributed by atoms with E-state index in [9.17, 15) is 9.90 Å². The van der Waals surface area contributed by atoms with Crippen molar-refractivity contribution in [3.8, 4) is 11.4 Å². The van der Waals surface area contributed by atoms with Gasteiger partial charge in [-0.1, -0.05) is 32.4 Å². The van der Waals surface area contributed by atoms with E-state index >= 15 is 0 Å². The van der Waals surface area contributed by atoms with Gasteiger partial charge in [0.25, 0.3) is 0 Å². The monoisotopic (exact) mass is 330 g/mol. The molecule has 3 N–H and O–H groups in total. The van der Waals surface area contributed by atoms with E-state index < -0.39 is 11.5 Å². The molecule has 0 radical (unpaired) electrons. The second-order valence-electron chi connectivity index (χ2n) is 6.98. The highest BCUT2D eigenvalue weighted by molar-refractivity contribution is 5.93.